The molecule has 1 fully saturated rings. The molecule has 0 aliphatic carbocycles. The normalized spacial score (nSPS) is 16.3. The Bertz CT molecular complexity index is 1470. The Labute approximate surface area is 243 Å². The molecule has 0 spiro atoms. The van der Waals surface area contributed by atoms with E-state index in [1.165, 1.54) is 11.0 Å². The van der Waals surface area contributed by atoms with Crippen LogP contribution in [0.1, 0.15) is 77.6 Å². The first kappa shape index (κ1) is 29.7. The van der Waals surface area contributed by atoms with E-state index in [-0.39, 0.29) is 33.9 Å². The minimum Gasteiger partial charge on any atom is -0.507 e. The number of carbonyl (C=O) groups excluding carboxylic acids is 3. The minimum atomic E-state index is -0.959. The number of hydrogen-bond donors (Lipinski definition) is 1. The Morgan fingerprint density at radius 3 is 2.44 bits per heavy atom. The topological polar surface area (TPSA) is 106 Å². The molecule has 2 heterocycles. The molecule has 1 aliphatic heterocycles. The lowest BCUT2D eigenvalue weighted by molar-refractivity contribution is -0.132. The molecule has 8 nitrogen and oxygen atoms in total. The van der Waals surface area contributed by atoms with Crippen LogP contribution in [0.15, 0.2) is 66.8 Å². The third-order valence-corrected chi connectivity index (χ3v) is 7.90. The largest absolute Gasteiger partial charge is 0.507 e. The molecule has 0 radical (unpaired) electrons. The molecule has 3 aromatic rings. The van der Waals surface area contributed by atoms with Crippen LogP contribution < -0.4 is 9.64 Å². The summed E-state index contributed by atoms with van der Waals surface area (Å²) in [6.07, 6.45) is 3.39. The highest BCUT2D eigenvalue weighted by atomic mass is 32.1. The number of nitrogens with zero attached hydrogens (tertiary/aromatic N) is 2. The average Bonchev–Trinajstić information content (AvgIpc) is 3.48. The Hall–Kier alpha value is -4.24. The van der Waals surface area contributed by atoms with E-state index in [2.05, 4.69) is 32.3 Å². The first-order valence-electron chi connectivity index (χ1n) is 13.6. The number of unbranched alkanes of at least 4 members (excludes halogenated alkanes) is 1. The van der Waals surface area contributed by atoms with Gasteiger partial charge in [0.25, 0.3) is 5.78 Å². The van der Waals surface area contributed by atoms with E-state index in [1.807, 2.05) is 24.3 Å². The van der Waals surface area contributed by atoms with E-state index in [1.54, 1.807) is 31.2 Å². The zero-order chi connectivity index (χ0) is 29.7. The van der Waals surface area contributed by atoms with Crippen molar-refractivity contribution in [1.29, 1.82) is 0 Å². The molecular weight excluding hydrogens is 540 g/mol. The molecule has 0 bridgehead atoms. The monoisotopic (exact) mass is 574 g/mol. The highest BCUT2D eigenvalue weighted by molar-refractivity contribution is 7.17. The van der Waals surface area contributed by atoms with E-state index < -0.39 is 23.7 Å². The number of amides is 1. The number of ether oxygens (including phenoxy) is 2. The molecule has 1 N–H and O–H groups in total. The van der Waals surface area contributed by atoms with Crippen LogP contribution in [0.5, 0.6) is 5.75 Å². The lowest BCUT2D eigenvalue weighted by Gasteiger charge is -2.23. The average molecular weight is 575 g/mol. The number of carbonyl (C=O) groups is 3. The number of hydrogen-bond acceptors (Lipinski definition) is 8. The van der Waals surface area contributed by atoms with Crippen molar-refractivity contribution in [1.82, 2.24) is 4.98 Å². The molecule has 41 heavy (non-hydrogen) atoms. The van der Waals surface area contributed by atoms with Gasteiger partial charge in [-0.3, -0.25) is 14.5 Å². The van der Waals surface area contributed by atoms with Crippen LogP contribution >= 0.6 is 11.3 Å². The summed E-state index contributed by atoms with van der Waals surface area (Å²) >= 11 is 0.961. The van der Waals surface area contributed by atoms with Crippen LogP contribution in [-0.2, 0) is 14.3 Å². The maximum Gasteiger partial charge on any atom is 0.350 e. The van der Waals surface area contributed by atoms with E-state index in [4.69, 9.17) is 9.47 Å². The number of aliphatic hydroxyl groups is 1. The van der Waals surface area contributed by atoms with Crippen molar-refractivity contribution >= 4 is 39.9 Å². The number of Topliss-reactive ketones (excluding diaryl/α,β-unsaturated/α-hetero) is 1. The predicted molar refractivity (Wildman–Crippen MR) is 159 cm³/mol. The van der Waals surface area contributed by atoms with Gasteiger partial charge in [0.15, 0.2) is 5.13 Å². The highest BCUT2D eigenvalue weighted by Crippen LogP contribution is 2.44. The van der Waals surface area contributed by atoms with Crippen LogP contribution in [0, 0.1) is 6.92 Å². The zero-order valence-electron chi connectivity index (χ0n) is 23.7. The summed E-state index contributed by atoms with van der Waals surface area (Å²) in [6.45, 7) is 12.0. The number of aliphatic hydroxyl groups excluding tert-OH is 1. The van der Waals surface area contributed by atoms with Gasteiger partial charge in [-0.2, -0.15) is 0 Å². The van der Waals surface area contributed by atoms with Crippen LogP contribution in [0.2, 0.25) is 0 Å². The van der Waals surface area contributed by atoms with Gasteiger partial charge in [-0.15, -0.1) is 0 Å². The molecule has 9 heteroatoms. The van der Waals surface area contributed by atoms with E-state index in [0.717, 1.165) is 29.7 Å². The third-order valence-electron chi connectivity index (χ3n) is 6.77. The summed E-state index contributed by atoms with van der Waals surface area (Å²) in [6, 6.07) is 13.4. The Morgan fingerprint density at radius 2 is 1.83 bits per heavy atom. The smallest absolute Gasteiger partial charge is 0.350 e. The second-order valence-electron chi connectivity index (χ2n) is 10.0. The van der Waals surface area contributed by atoms with E-state index in [0.29, 0.717) is 29.2 Å². The quantitative estimate of drug-likeness (QED) is 0.0676. The molecular formula is C32H34N2O6S. The van der Waals surface area contributed by atoms with Gasteiger partial charge in [-0.05, 0) is 54.7 Å². The van der Waals surface area contributed by atoms with Gasteiger partial charge < -0.3 is 14.6 Å². The second-order valence-corrected chi connectivity index (χ2v) is 11.0. The number of anilines is 1. The summed E-state index contributed by atoms with van der Waals surface area (Å²) in [5.41, 5.74) is 2.39. The fourth-order valence-electron chi connectivity index (χ4n) is 4.48. The molecule has 2 aromatic carbocycles. The molecule has 1 amide bonds. The fourth-order valence-corrected chi connectivity index (χ4v) is 5.47. The van der Waals surface area contributed by atoms with E-state index >= 15 is 0 Å². The Morgan fingerprint density at radius 1 is 1.15 bits per heavy atom. The van der Waals surface area contributed by atoms with Crippen molar-refractivity contribution in [3.8, 4) is 5.75 Å². The van der Waals surface area contributed by atoms with Crippen LogP contribution in [0.3, 0.4) is 0 Å². The lowest BCUT2D eigenvalue weighted by atomic mass is 9.93. The molecule has 0 saturated carbocycles. The van der Waals surface area contributed by atoms with Crippen LogP contribution in [0.25, 0.3) is 5.76 Å². The highest BCUT2D eigenvalue weighted by Gasteiger charge is 2.48. The zero-order valence-corrected chi connectivity index (χ0v) is 24.5. The van der Waals surface area contributed by atoms with Crippen LogP contribution in [-0.4, -0.2) is 41.0 Å². The summed E-state index contributed by atoms with van der Waals surface area (Å²) in [4.78, 5) is 45.6. The summed E-state index contributed by atoms with van der Waals surface area (Å²) in [5, 5.41) is 11.6. The number of esters is 1. The first-order valence-corrected chi connectivity index (χ1v) is 14.4. The molecule has 4 rings (SSSR count). The van der Waals surface area contributed by atoms with Gasteiger partial charge >= 0.3 is 11.9 Å². The van der Waals surface area contributed by atoms with Gasteiger partial charge in [-0.25, -0.2) is 9.78 Å². The number of benzene rings is 2. The summed E-state index contributed by atoms with van der Waals surface area (Å²) in [5.74, 6) is -1.66. The fraction of sp³-hybridized carbons (Fsp3) is 0.312. The van der Waals surface area contributed by atoms with Crippen molar-refractivity contribution < 1.29 is 29.0 Å². The SMILES string of the molecule is C=CCOC(=O)c1sc(N2C(=O)C(=O)/C(=C(/O)c3ccc(OCCCC)cc3)C2c2ccc(C(C)C)cc2)nc1C. The van der Waals surface area contributed by atoms with Gasteiger partial charge in [0.1, 0.15) is 23.0 Å². The van der Waals surface area contributed by atoms with Crippen molar-refractivity contribution in [3.05, 3.63) is 94.0 Å². The lowest BCUT2D eigenvalue weighted by Crippen LogP contribution is -2.29. The van der Waals surface area contributed by atoms with Gasteiger partial charge in [-0.1, -0.05) is 75.4 Å². The van der Waals surface area contributed by atoms with Gasteiger partial charge in [0.2, 0.25) is 0 Å². The van der Waals surface area contributed by atoms with E-state index in [9.17, 15) is 19.5 Å². The maximum atomic E-state index is 13.5. The van der Waals surface area contributed by atoms with Crippen molar-refractivity contribution in [3.63, 3.8) is 0 Å². The Balaban J connectivity index is 1.81. The molecule has 214 valence electrons. The standard InChI is InChI=1S/C32H34N2O6S/c1-6-8-18-39-24-15-13-23(14-16-24)27(35)25-26(22-11-9-21(10-12-22)19(3)4)34(30(37)28(25)36)32-33-20(5)29(41-32)31(38)40-17-7-2/h7,9-16,19,26,35H,2,6,8,17-18H2,1,3-5H3/b27-25+. The molecule has 1 aromatic heterocycles. The molecule has 1 aliphatic rings. The van der Waals surface area contributed by atoms with Gasteiger partial charge in [0.05, 0.1) is 23.9 Å². The van der Waals surface area contributed by atoms with Crippen molar-refractivity contribution in [2.75, 3.05) is 18.1 Å². The van der Waals surface area contributed by atoms with Gasteiger partial charge in [0, 0.05) is 5.56 Å². The summed E-state index contributed by atoms with van der Waals surface area (Å²) < 4.78 is 10.9. The van der Waals surface area contributed by atoms with Crippen molar-refractivity contribution in [2.45, 2.75) is 52.5 Å². The summed E-state index contributed by atoms with van der Waals surface area (Å²) in [7, 11) is 0. The third kappa shape index (κ3) is 6.25. The number of aryl methyl sites for hydroxylation is 1. The number of aromatic nitrogens is 1. The number of ketones is 1. The molecule has 1 unspecified atom stereocenters. The first-order chi connectivity index (χ1) is 19.7. The molecule has 1 atom stereocenters. The minimum absolute atomic E-state index is 0.0284. The maximum absolute atomic E-state index is 13.5. The van der Waals surface area contributed by atoms with Crippen LogP contribution in [0.4, 0.5) is 5.13 Å². The Kier molecular flexibility index (Phi) is 9.39. The number of rotatable bonds is 11. The predicted octanol–water partition coefficient (Wildman–Crippen LogP) is 6.72. The second kappa shape index (κ2) is 13.0. The number of thiazole rings is 1. The van der Waals surface area contributed by atoms with Crippen molar-refractivity contribution in [2.24, 2.45) is 0 Å². The molecule has 1 saturated heterocycles.